The maximum absolute atomic E-state index is 4.51. The zero-order chi connectivity index (χ0) is 72.5. The van der Waals surface area contributed by atoms with Crippen LogP contribution in [0.15, 0.2) is 377 Å². The molecular weight excluding hydrogens is 1870 g/mol. The predicted octanol–water partition coefficient (Wildman–Crippen LogP) is 21.3. The van der Waals surface area contributed by atoms with Crippen molar-refractivity contribution in [2.75, 3.05) is 0 Å². The molecule has 109 heavy (non-hydrogen) atoms. The molecule has 0 spiro atoms. The Morgan fingerprint density at radius 3 is 0.679 bits per heavy atom. The van der Waals surface area contributed by atoms with Gasteiger partial charge in [0.1, 0.15) is 0 Å². The molecule has 15 heteroatoms. The van der Waals surface area contributed by atoms with Gasteiger partial charge in [-0.25, -0.2) is 0 Å². The van der Waals surface area contributed by atoms with Crippen molar-refractivity contribution in [1.82, 2.24) is 58.7 Å². The van der Waals surface area contributed by atoms with Gasteiger partial charge in [0.25, 0.3) is 0 Å². The first-order valence-corrected chi connectivity index (χ1v) is 34.7. The van der Waals surface area contributed by atoms with Gasteiger partial charge in [-0.05, 0) is 132 Å². The molecule has 3 radical (unpaired) electrons. The number of benzene rings is 12. The van der Waals surface area contributed by atoms with Gasteiger partial charge < -0.3 is 0 Å². The minimum atomic E-state index is 0. The van der Waals surface area contributed by atoms with Gasteiger partial charge in [-0.15, -0.1) is 53.1 Å². The third-order valence-corrected chi connectivity index (χ3v) is 16.9. The van der Waals surface area contributed by atoms with Crippen LogP contribution in [0.1, 0.15) is 22.8 Å². The Morgan fingerprint density at radius 2 is 0.450 bits per heavy atom. The van der Waals surface area contributed by atoms with E-state index in [4.69, 9.17) is 0 Å². The maximum Gasteiger partial charge on any atom is 0.0600 e. The van der Waals surface area contributed by atoms with E-state index in [1.807, 2.05) is 210 Å². The van der Waals surface area contributed by atoms with Crippen molar-refractivity contribution in [3.63, 3.8) is 0 Å². The average molecular weight is 1950 g/mol. The second-order valence-electron chi connectivity index (χ2n) is 24.4. The molecule has 0 saturated heterocycles. The molecule has 18 aromatic rings. The van der Waals surface area contributed by atoms with Crippen LogP contribution in [-0.4, -0.2) is 58.7 Å². The van der Waals surface area contributed by atoms with Crippen LogP contribution in [-0.2, 0) is 60.3 Å². The number of nitrogens with zero attached hydrogens (tertiary/aromatic N) is 12. The molecular formula is C94H74Ir3N12-6. The third-order valence-electron chi connectivity index (χ3n) is 16.9. The van der Waals surface area contributed by atoms with Gasteiger partial charge >= 0.3 is 0 Å². The summed E-state index contributed by atoms with van der Waals surface area (Å²) in [6.45, 7) is 8.10. The van der Waals surface area contributed by atoms with Gasteiger partial charge in [0.15, 0.2) is 0 Å². The molecule has 18 rings (SSSR count). The molecule has 0 atom stereocenters. The zero-order valence-corrected chi connectivity index (χ0v) is 67.3. The summed E-state index contributed by atoms with van der Waals surface area (Å²) in [5, 5.41) is 25.5. The number of aryl methyl sites for hydroxylation is 4. The summed E-state index contributed by atoms with van der Waals surface area (Å²) in [5.74, 6) is 0. The molecule has 6 heterocycles. The van der Waals surface area contributed by atoms with E-state index < -0.39 is 0 Å². The van der Waals surface area contributed by atoms with Crippen molar-refractivity contribution in [3.05, 3.63) is 436 Å². The quantitative estimate of drug-likeness (QED) is 0.113. The molecule has 0 saturated carbocycles. The van der Waals surface area contributed by atoms with Crippen LogP contribution in [0.4, 0.5) is 0 Å². The van der Waals surface area contributed by atoms with Crippen LogP contribution >= 0.6 is 0 Å². The fourth-order valence-electron chi connectivity index (χ4n) is 11.6. The molecule has 0 aliphatic carbocycles. The SMILES string of the molecule is Cc1cc(C)n(-c2[c-]cc(-c3ccc(-c4ccccc4)cc3)cc2)n1.Cc1cc(C)n(-c2[c-]cccc2)n1.[Ir].[Ir].[Ir].[c-]1cc(-c2ccc(-c3ccccc3)cc2)ccc1-n1cccn1.[c-]1cc(-c2ccc(-c3ccccc3)cc2)ccc1-n1cccn1.[c-]1ccccc1-n1cccn1.[c-]1ccccc1-n1cccn1. The minimum absolute atomic E-state index is 0. The first-order chi connectivity index (χ1) is 52.2. The topological polar surface area (TPSA) is 107 Å². The second-order valence-corrected chi connectivity index (χ2v) is 24.4. The number of hydrogen-bond acceptors (Lipinski definition) is 6. The predicted molar refractivity (Wildman–Crippen MR) is 426 cm³/mol. The number of aromatic nitrogens is 12. The van der Waals surface area contributed by atoms with E-state index in [1.54, 1.807) is 34.2 Å². The molecule has 0 bridgehead atoms. The van der Waals surface area contributed by atoms with Crippen LogP contribution < -0.4 is 0 Å². The van der Waals surface area contributed by atoms with E-state index in [0.717, 1.165) is 73.6 Å². The number of rotatable bonds is 12. The molecule has 0 N–H and O–H groups in total. The van der Waals surface area contributed by atoms with Gasteiger partial charge in [0, 0.05) is 121 Å². The molecule has 0 unspecified atom stereocenters. The monoisotopic (exact) mass is 1950 g/mol. The van der Waals surface area contributed by atoms with Gasteiger partial charge in [0.05, 0.1) is 11.4 Å². The Kier molecular flexibility index (Phi) is 29.5. The molecule has 12 aromatic carbocycles. The van der Waals surface area contributed by atoms with Crippen LogP contribution in [0.25, 0.3) is 101 Å². The maximum atomic E-state index is 4.51. The molecule has 0 aliphatic heterocycles. The van der Waals surface area contributed by atoms with E-state index in [0.29, 0.717) is 0 Å². The van der Waals surface area contributed by atoms with Gasteiger partial charge in [-0.2, -0.15) is 158 Å². The number of para-hydroxylation sites is 3. The fraction of sp³-hybridized carbons (Fsp3) is 0.0426. The molecule has 0 aliphatic rings. The van der Waals surface area contributed by atoms with E-state index in [9.17, 15) is 0 Å². The Labute approximate surface area is 678 Å². The van der Waals surface area contributed by atoms with E-state index in [2.05, 4.69) is 256 Å². The first-order valence-electron chi connectivity index (χ1n) is 34.7. The van der Waals surface area contributed by atoms with Crippen molar-refractivity contribution >= 4 is 0 Å². The Balaban J connectivity index is 0.000000143. The van der Waals surface area contributed by atoms with E-state index in [1.165, 1.54) is 50.1 Å². The van der Waals surface area contributed by atoms with Crippen molar-refractivity contribution in [2.24, 2.45) is 0 Å². The fourth-order valence-corrected chi connectivity index (χ4v) is 11.6. The van der Waals surface area contributed by atoms with Crippen molar-refractivity contribution in [2.45, 2.75) is 27.7 Å². The number of hydrogen-bond donors (Lipinski definition) is 0. The normalized spacial score (nSPS) is 10.2. The summed E-state index contributed by atoms with van der Waals surface area (Å²) in [6, 6.07) is 130. The zero-order valence-electron chi connectivity index (χ0n) is 60.2. The smallest absolute Gasteiger partial charge is 0.0600 e. The Bertz CT molecular complexity index is 5290. The molecule has 12 nitrogen and oxygen atoms in total. The first kappa shape index (κ1) is 79.4. The summed E-state index contributed by atoms with van der Waals surface area (Å²) < 4.78 is 11.0. The standard InChI is InChI=1S/C23H19N2.2C21H15N2.C11H11N2.2C9H7N2.3Ir/c1-17-16-18(2)25(24-17)23-14-12-22(13-15-23)21-10-8-20(9-11-21)19-6-4-3-5-7-19;2*1-2-5-17(6-3-1)18-7-9-19(10-8-18)20-11-13-21(14-12-20)23-16-4-15-22-23;1-9-8-10(2)13(12-9)11-6-4-3-5-7-11;2*1-2-5-9(6-3-1)11-8-4-7-10-11;;;/h3-14,16H,1-2H3;2*1-13,15-16H;3-6,8H,1-2H3;2*1-5,7-8H;;;/q6*-1;;;. The second kappa shape index (κ2) is 40.5. The molecule has 0 amide bonds. The van der Waals surface area contributed by atoms with Crippen LogP contribution in [0.5, 0.6) is 0 Å². The molecule has 6 aromatic heterocycles. The van der Waals surface area contributed by atoms with Crippen LogP contribution in [0, 0.1) is 64.1 Å². The van der Waals surface area contributed by atoms with Gasteiger partial charge in [0.2, 0.25) is 0 Å². The average Bonchev–Trinajstić information content (AvgIpc) is 1.69. The van der Waals surface area contributed by atoms with E-state index >= 15 is 0 Å². The van der Waals surface area contributed by atoms with Crippen LogP contribution in [0.3, 0.4) is 0 Å². The Morgan fingerprint density at radius 1 is 0.220 bits per heavy atom. The summed E-state index contributed by atoms with van der Waals surface area (Å²) in [5.41, 5.74) is 24.5. The summed E-state index contributed by atoms with van der Waals surface area (Å²) in [7, 11) is 0. The molecule has 543 valence electrons. The summed E-state index contributed by atoms with van der Waals surface area (Å²) in [6.07, 6.45) is 14.7. The van der Waals surface area contributed by atoms with E-state index in [-0.39, 0.29) is 60.3 Å². The van der Waals surface area contributed by atoms with Crippen LogP contribution in [0.2, 0.25) is 0 Å². The van der Waals surface area contributed by atoms with Gasteiger partial charge in [-0.3, -0.25) is 28.1 Å². The van der Waals surface area contributed by atoms with Gasteiger partial charge in [-0.1, -0.05) is 180 Å². The molecule has 0 fully saturated rings. The van der Waals surface area contributed by atoms with Crippen molar-refractivity contribution in [3.8, 4) is 101 Å². The summed E-state index contributed by atoms with van der Waals surface area (Å²) >= 11 is 0. The van der Waals surface area contributed by atoms with Crippen molar-refractivity contribution < 1.29 is 60.3 Å². The van der Waals surface area contributed by atoms with Crippen molar-refractivity contribution in [1.29, 1.82) is 0 Å². The largest absolute Gasteiger partial charge is 0.266 e. The third kappa shape index (κ3) is 22.0. The Hall–Kier alpha value is -12.2. The summed E-state index contributed by atoms with van der Waals surface area (Å²) in [4.78, 5) is 0. The minimum Gasteiger partial charge on any atom is -0.266 e.